The largest absolute Gasteiger partial charge is 0.507 e. The smallest absolute Gasteiger partial charge is 0.246 e. The number of hydrogen-bond acceptors (Lipinski definition) is 5. The number of rotatable bonds is 3. The molecule has 3 fully saturated rings. The first-order valence-electron chi connectivity index (χ1n) is 14.2. The molecule has 2 aliphatic heterocycles. The molecule has 2 aliphatic carbocycles. The molecule has 0 bridgehead atoms. The number of benzene rings is 3. The molecule has 0 aromatic heterocycles. The molecule has 2 heterocycles. The van der Waals surface area contributed by atoms with Gasteiger partial charge in [-0.05, 0) is 55.0 Å². The van der Waals surface area contributed by atoms with Gasteiger partial charge in [0, 0.05) is 23.6 Å². The van der Waals surface area contributed by atoms with E-state index >= 15 is 4.79 Å². The van der Waals surface area contributed by atoms with Crippen LogP contribution in [0.2, 0.25) is 5.02 Å². The van der Waals surface area contributed by atoms with Crippen LogP contribution in [0.1, 0.15) is 35.4 Å². The number of aromatic hydroxyl groups is 1. The Labute approximate surface area is 248 Å². The van der Waals surface area contributed by atoms with Crippen LogP contribution in [0.25, 0.3) is 0 Å². The second kappa shape index (κ2) is 9.39. The average Bonchev–Trinajstić information content (AvgIpc) is 3.35. The van der Waals surface area contributed by atoms with Crippen molar-refractivity contribution < 1.29 is 24.3 Å². The molecule has 2 saturated heterocycles. The van der Waals surface area contributed by atoms with Crippen LogP contribution in [-0.4, -0.2) is 40.7 Å². The van der Waals surface area contributed by atoms with Crippen molar-refractivity contribution in [3.63, 3.8) is 0 Å². The summed E-state index contributed by atoms with van der Waals surface area (Å²) in [5.74, 6) is -4.41. The molecule has 0 spiro atoms. The molecule has 1 N–H and O–H groups in total. The fraction of sp³-hybridized carbons (Fsp3) is 0.294. The number of fused-ring (bicyclic) bond motifs is 4. The number of hydrogen-bond donors (Lipinski definition) is 1. The molecule has 7 rings (SSSR count). The summed E-state index contributed by atoms with van der Waals surface area (Å²) in [6.45, 7) is 1.80. The van der Waals surface area contributed by atoms with Crippen molar-refractivity contribution in [1.82, 2.24) is 4.90 Å². The number of carbonyl (C=O) groups is 4. The molecule has 3 aromatic rings. The monoisotopic (exact) mass is 580 g/mol. The number of halogens is 1. The zero-order valence-electron chi connectivity index (χ0n) is 23.2. The van der Waals surface area contributed by atoms with Crippen LogP contribution in [0, 0.1) is 30.6 Å². The number of anilines is 1. The van der Waals surface area contributed by atoms with Gasteiger partial charge in [-0.1, -0.05) is 77.8 Å². The first-order chi connectivity index (χ1) is 20.2. The van der Waals surface area contributed by atoms with Crippen LogP contribution < -0.4 is 4.90 Å². The number of nitrogens with zero attached hydrogens (tertiary/aromatic N) is 2. The van der Waals surface area contributed by atoms with E-state index in [1.807, 2.05) is 42.5 Å². The van der Waals surface area contributed by atoms with E-state index in [2.05, 4.69) is 0 Å². The van der Waals surface area contributed by atoms with Crippen molar-refractivity contribution in [1.29, 1.82) is 0 Å². The minimum absolute atomic E-state index is 0.0487. The first-order valence-corrected chi connectivity index (χ1v) is 14.5. The van der Waals surface area contributed by atoms with E-state index in [0.29, 0.717) is 33.8 Å². The minimum Gasteiger partial charge on any atom is -0.507 e. The molecule has 4 amide bonds. The Balaban J connectivity index is 1.54. The summed E-state index contributed by atoms with van der Waals surface area (Å²) in [6, 6.07) is 21.4. The van der Waals surface area contributed by atoms with Gasteiger partial charge in [0.2, 0.25) is 23.6 Å². The third-order valence-electron chi connectivity index (χ3n) is 9.97. The summed E-state index contributed by atoms with van der Waals surface area (Å²) < 4.78 is 0. The number of likely N-dealkylation sites (tertiary alicyclic amines) is 1. The molecule has 8 heteroatoms. The van der Waals surface area contributed by atoms with Gasteiger partial charge in [0.1, 0.15) is 5.75 Å². The molecule has 6 unspecified atom stereocenters. The molecule has 4 aliphatic rings. The Morgan fingerprint density at radius 2 is 1.62 bits per heavy atom. The molecular weight excluding hydrogens is 552 g/mol. The quantitative estimate of drug-likeness (QED) is 0.342. The summed E-state index contributed by atoms with van der Waals surface area (Å²) in [5.41, 5.74) is 1.62. The predicted molar refractivity (Wildman–Crippen MR) is 157 cm³/mol. The topological polar surface area (TPSA) is 95.0 Å². The van der Waals surface area contributed by atoms with Gasteiger partial charge in [-0.15, -0.1) is 0 Å². The summed E-state index contributed by atoms with van der Waals surface area (Å²) in [6.07, 6.45) is 2.56. The standard InChI is InChI=1S/C34H29ClN2O5/c1-18-8-6-13-24(29(18)38)28-22-14-15-23-27(32(41)36(2)30(23)39)25(22)17-26-31(40)37(21-12-7-11-20(35)16-21)33(42)34(26,28)19-9-4-3-5-10-19/h3-14,16,23,25-28,38H,15,17H2,1-2H3. The minimum atomic E-state index is -1.40. The highest BCUT2D eigenvalue weighted by Crippen LogP contribution is 2.65. The van der Waals surface area contributed by atoms with Gasteiger partial charge in [-0.2, -0.15) is 0 Å². The van der Waals surface area contributed by atoms with Crippen LogP contribution in [0.5, 0.6) is 5.75 Å². The lowest BCUT2D eigenvalue weighted by Gasteiger charge is -2.50. The maximum absolute atomic E-state index is 15.1. The van der Waals surface area contributed by atoms with Gasteiger partial charge >= 0.3 is 0 Å². The van der Waals surface area contributed by atoms with E-state index in [0.717, 1.165) is 5.57 Å². The normalized spacial score (nSPS) is 30.3. The highest BCUT2D eigenvalue weighted by molar-refractivity contribution is 6.32. The van der Waals surface area contributed by atoms with E-state index < -0.39 is 40.9 Å². The molecule has 6 atom stereocenters. The third kappa shape index (κ3) is 3.40. The Morgan fingerprint density at radius 3 is 2.36 bits per heavy atom. The van der Waals surface area contributed by atoms with Gasteiger partial charge in [-0.25, -0.2) is 4.90 Å². The van der Waals surface area contributed by atoms with Gasteiger partial charge < -0.3 is 5.11 Å². The Hall–Kier alpha value is -4.23. The Morgan fingerprint density at radius 1 is 0.881 bits per heavy atom. The fourth-order valence-electron chi connectivity index (χ4n) is 8.16. The summed E-state index contributed by atoms with van der Waals surface area (Å²) in [7, 11) is 1.51. The second-order valence-corrected chi connectivity index (χ2v) is 12.3. The number of allylic oxidation sites excluding steroid dienone is 2. The Bertz CT molecular complexity index is 1720. The number of phenols is 1. The summed E-state index contributed by atoms with van der Waals surface area (Å²) in [5, 5.41) is 11.9. The van der Waals surface area contributed by atoms with Gasteiger partial charge in [0.05, 0.1) is 28.9 Å². The van der Waals surface area contributed by atoms with Gasteiger partial charge in [-0.3, -0.25) is 24.1 Å². The number of amides is 4. The van der Waals surface area contributed by atoms with Crippen molar-refractivity contribution in [2.75, 3.05) is 11.9 Å². The number of para-hydroxylation sites is 1. The molecule has 42 heavy (non-hydrogen) atoms. The van der Waals surface area contributed by atoms with E-state index in [4.69, 9.17) is 11.6 Å². The maximum Gasteiger partial charge on any atom is 0.246 e. The van der Waals surface area contributed by atoms with Crippen molar-refractivity contribution >= 4 is 40.9 Å². The maximum atomic E-state index is 15.1. The fourth-order valence-corrected chi connectivity index (χ4v) is 8.34. The number of carbonyl (C=O) groups excluding carboxylic acids is 4. The van der Waals surface area contributed by atoms with Crippen molar-refractivity contribution in [3.8, 4) is 5.75 Å². The Kier molecular flexibility index (Phi) is 5.96. The van der Waals surface area contributed by atoms with Crippen molar-refractivity contribution in [3.05, 3.63) is 106 Å². The first kappa shape index (κ1) is 26.7. The molecule has 0 radical (unpaired) electrons. The van der Waals surface area contributed by atoms with Gasteiger partial charge in [0.15, 0.2) is 0 Å². The molecule has 212 valence electrons. The number of phenolic OH excluding ortho intramolecular Hbond substituents is 1. The third-order valence-corrected chi connectivity index (χ3v) is 10.2. The molecule has 1 saturated carbocycles. The predicted octanol–water partition coefficient (Wildman–Crippen LogP) is 5.15. The van der Waals surface area contributed by atoms with Crippen LogP contribution >= 0.6 is 11.6 Å². The summed E-state index contributed by atoms with van der Waals surface area (Å²) >= 11 is 6.32. The van der Waals surface area contributed by atoms with E-state index in [9.17, 15) is 19.5 Å². The van der Waals surface area contributed by atoms with Gasteiger partial charge in [0.25, 0.3) is 0 Å². The van der Waals surface area contributed by atoms with Crippen LogP contribution in [-0.2, 0) is 24.6 Å². The van der Waals surface area contributed by atoms with E-state index in [1.165, 1.54) is 16.8 Å². The molecule has 3 aromatic carbocycles. The zero-order valence-corrected chi connectivity index (χ0v) is 23.9. The lowest BCUT2D eigenvalue weighted by Crippen LogP contribution is -2.53. The van der Waals surface area contributed by atoms with Crippen molar-refractivity contribution in [2.45, 2.75) is 31.1 Å². The molecular formula is C34H29ClN2O5. The number of aryl methyl sites for hydroxylation is 1. The summed E-state index contributed by atoms with van der Waals surface area (Å²) in [4.78, 5) is 58.6. The zero-order chi connectivity index (χ0) is 29.5. The van der Waals surface area contributed by atoms with Crippen LogP contribution in [0.3, 0.4) is 0 Å². The van der Waals surface area contributed by atoms with Crippen LogP contribution in [0.15, 0.2) is 84.4 Å². The number of imide groups is 2. The second-order valence-electron chi connectivity index (χ2n) is 11.8. The van der Waals surface area contributed by atoms with E-state index in [-0.39, 0.29) is 29.9 Å². The van der Waals surface area contributed by atoms with E-state index in [1.54, 1.807) is 43.3 Å². The highest BCUT2D eigenvalue weighted by Gasteiger charge is 2.70. The molecule has 7 nitrogen and oxygen atoms in total. The lowest BCUT2D eigenvalue weighted by molar-refractivity contribution is -0.138. The van der Waals surface area contributed by atoms with Crippen LogP contribution in [0.4, 0.5) is 5.69 Å². The highest BCUT2D eigenvalue weighted by atomic mass is 35.5. The average molecular weight is 581 g/mol. The lowest BCUT2D eigenvalue weighted by atomic mass is 9.49. The van der Waals surface area contributed by atoms with Crippen molar-refractivity contribution in [2.24, 2.45) is 23.7 Å². The SMILES string of the molecule is Cc1cccc(C2C3=CCC4C(=O)N(C)C(=O)C4C3CC3C(=O)N(c4cccc(Cl)c4)C(=O)C32c2ccccc2)c1O.